The molecule has 2 aliphatic rings. The molecule has 0 amide bonds. The predicted molar refractivity (Wildman–Crippen MR) is 55.3 cm³/mol. The molecule has 14 heavy (non-hydrogen) atoms. The zero-order valence-electron chi connectivity index (χ0n) is 9.00. The van der Waals surface area contributed by atoms with E-state index in [1.807, 2.05) is 0 Å². The van der Waals surface area contributed by atoms with Crippen molar-refractivity contribution in [2.45, 2.75) is 25.3 Å². The van der Waals surface area contributed by atoms with Crippen LogP contribution in [-0.2, 0) is 9.47 Å². The van der Waals surface area contributed by atoms with Gasteiger partial charge in [0.1, 0.15) is 0 Å². The van der Waals surface area contributed by atoms with Crippen LogP contribution < -0.4 is 5.32 Å². The molecule has 3 atom stereocenters. The Balaban J connectivity index is 1.81. The summed E-state index contributed by atoms with van der Waals surface area (Å²) in [6.45, 7) is 3.78. The number of hydrogen-bond acceptors (Lipinski definition) is 3. The molecule has 0 aromatic rings. The lowest BCUT2D eigenvalue weighted by Gasteiger charge is -2.32. The van der Waals surface area contributed by atoms with E-state index in [2.05, 4.69) is 12.4 Å². The van der Waals surface area contributed by atoms with Crippen molar-refractivity contribution in [3.8, 4) is 0 Å². The van der Waals surface area contributed by atoms with E-state index in [1.165, 1.54) is 12.8 Å². The van der Waals surface area contributed by atoms with Gasteiger partial charge in [0.05, 0.1) is 6.61 Å². The Bertz CT molecular complexity index is 169. The van der Waals surface area contributed by atoms with Gasteiger partial charge in [-0.2, -0.15) is 0 Å². The van der Waals surface area contributed by atoms with Gasteiger partial charge in [-0.1, -0.05) is 0 Å². The minimum absolute atomic E-state index is 0.657. The van der Waals surface area contributed by atoms with E-state index in [9.17, 15) is 0 Å². The monoisotopic (exact) mass is 199 g/mol. The van der Waals surface area contributed by atoms with E-state index >= 15 is 0 Å². The fraction of sp³-hybridized carbons (Fsp3) is 1.00. The lowest BCUT2D eigenvalue weighted by molar-refractivity contribution is 0.0234. The van der Waals surface area contributed by atoms with E-state index < -0.39 is 0 Å². The van der Waals surface area contributed by atoms with Crippen LogP contribution in [0.25, 0.3) is 0 Å². The Labute approximate surface area is 86.2 Å². The molecule has 0 spiro atoms. The van der Waals surface area contributed by atoms with Gasteiger partial charge in [-0.3, -0.25) is 0 Å². The van der Waals surface area contributed by atoms with Crippen molar-refractivity contribution in [1.82, 2.24) is 5.32 Å². The summed E-state index contributed by atoms with van der Waals surface area (Å²) in [4.78, 5) is 0. The van der Waals surface area contributed by atoms with Crippen LogP contribution in [0.4, 0.5) is 0 Å². The van der Waals surface area contributed by atoms with Crippen LogP contribution in [0, 0.1) is 11.8 Å². The Morgan fingerprint density at radius 1 is 1.14 bits per heavy atom. The van der Waals surface area contributed by atoms with Gasteiger partial charge in [-0.15, -0.1) is 0 Å². The molecule has 3 heteroatoms. The highest BCUT2D eigenvalue weighted by molar-refractivity contribution is 4.81. The number of ether oxygens (including phenoxy) is 2. The Kier molecular flexibility index (Phi) is 3.79. The number of rotatable bonds is 3. The summed E-state index contributed by atoms with van der Waals surface area (Å²) in [6, 6.07) is 0.657. The maximum absolute atomic E-state index is 5.54. The molecule has 82 valence electrons. The molecule has 2 rings (SSSR count). The van der Waals surface area contributed by atoms with Gasteiger partial charge in [0.15, 0.2) is 0 Å². The van der Waals surface area contributed by atoms with Gasteiger partial charge in [-0.25, -0.2) is 0 Å². The van der Waals surface area contributed by atoms with E-state index in [1.54, 1.807) is 0 Å². The topological polar surface area (TPSA) is 30.5 Å². The summed E-state index contributed by atoms with van der Waals surface area (Å²) >= 11 is 0. The quantitative estimate of drug-likeness (QED) is 0.736. The molecular weight excluding hydrogens is 178 g/mol. The van der Waals surface area contributed by atoms with Crippen molar-refractivity contribution < 1.29 is 9.47 Å². The summed E-state index contributed by atoms with van der Waals surface area (Å²) in [5.74, 6) is 1.47. The van der Waals surface area contributed by atoms with Crippen LogP contribution >= 0.6 is 0 Å². The van der Waals surface area contributed by atoms with E-state index in [0.29, 0.717) is 12.0 Å². The van der Waals surface area contributed by atoms with Gasteiger partial charge in [0.25, 0.3) is 0 Å². The first-order valence-corrected chi connectivity index (χ1v) is 5.73. The second-order valence-electron chi connectivity index (χ2n) is 4.48. The summed E-state index contributed by atoms with van der Waals surface area (Å²) in [6.07, 6.45) is 3.67. The third kappa shape index (κ3) is 2.47. The smallest absolute Gasteiger partial charge is 0.0509 e. The van der Waals surface area contributed by atoms with Crippen molar-refractivity contribution in [1.29, 1.82) is 0 Å². The van der Waals surface area contributed by atoms with Crippen LogP contribution in [0.3, 0.4) is 0 Å². The maximum atomic E-state index is 5.54. The molecular formula is C11H21NO2. The highest BCUT2D eigenvalue weighted by Gasteiger charge is 2.28. The highest BCUT2D eigenvalue weighted by atomic mass is 16.5. The van der Waals surface area contributed by atoms with E-state index in [0.717, 1.165) is 38.8 Å². The molecule has 0 saturated carbocycles. The van der Waals surface area contributed by atoms with Gasteiger partial charge in [-0.05, 0) is 38.1 Å². The lowest BCUT2D eigenvalue weighted by atomic mass is 9.86. The molecule has 0 bridgehead atoms. The molecule has 3 nitrogen and oxygen atoms in total. The molecule has 0 aromatic carbocycles. The van der Waals surface area contributed by atoms with Gasteiger partial charge < -0.3 is 14.8 Å². The van der Waals surface area contributed by atoms with Crippen molar-refractivity contribution in [3.05, 3.63) is 0 Å². The summed E-state index contributed by atoms with van der Waals surface area (Å²) in [7, 11) is 2.06. The van der Waals surface area contributed by atoms with Crippen molar-refractivity contribution in [3.63, 3.8) is 0 Å². The van der Waals surface area contributed by atoms with Crippen LogP contribution in [-0.4, -0.2) is 39.5 Å². The first kappa shape index (κ1) is 10.4. The number of nitrogens with one attached hydrogen (secondary N) is 1. The van der Waals surface area contributed by atoms with Gasteiger partial charge in [0.2, 0.25) is 0 Å². The van der Waals surface area contributed by atoms with Crippen LogP contribution in [0.2, 0.25) is 0 Å². The minimum Gasteiger partial charge on any atom is -0.381 e. The molecule has 2 saturated heterocycles. The first-order chi connectivity index (χ1) is 6.90. The maximum Gasteiger partial charge on any atom is 0.0509 e. The van der Waals surface area contributed by atoms with E-state index in [-0.39, 0.29) is 0 Å². The molecule has 0 radical (unpaired) electrons. The number of hydrogen-bond donors (Lipinski definition) is 1. The minimum atomic E-state index is 0.657. The van der Waals surface area contributed by atoms with Crippen LogP contribution in [0.1, 0.15) is 19.3 Å². The molecule has 0 aliphatic carbocycles. The second-order valence-corrected chi connectivity index (χ2v) is 4.48. The average molecular weight is 199 g/mol. The van der Waals surface area contributed by atoms with Gasteiger partial charge in [0, 0.05) is 25.9 Å². The van der Waals surface area contributed by atoms with Crippen LogP contribution in [0.5, 0.6) is 0 Å². The molecule has 2 aliphatic heterocycles. The fourth-order valence-electron chi connectivity index (χ4n) is 2.61. The Morgan fingerprint density at radius 2 is 1.93 bits per heavy atom. The molecule has 1 N–H and O–H groups in total. The Morgan fingerprint density at radius 3 is 2.64 bits per heavy atom. The fourth-order valence-corrected chi connectivity index (χ4v) is 2.61. The van der Waals surface area contributed by atoms with Gasteiger partial charge >= 0.3 is 0 Å². The second kappa shape index (κ2) is 5.10. The zero-order chi connectivity index (χ0) is 9.80. The standard InChI is InChI=1S/C11H21NO2/c1-12-11-3-5-14-8-10(11)6-9-2-4-13-7-9/h9-12H,2-8H2,1H3. The van der Waals surface area contributed by atoms with Crippen molar-refractivity contribution >= 4 is 0 Å². The molecule has 2 fully saturated rings. The summed E-state index contributed by atoms with van der Waals surface area (Å²) in [5.41, 5.74) is 0. The third-order valence-electron chi connectivity index (χ3n) is 3.51. The lowest BCUT2D eigenvalue weighted by Crippen LogP contribution is -2.41. The Hall–Kier alpha value is -0.120. The van der Waals surface area contributed by atoms with Crippen molar-refractivity contribution in [2.24, 2.45) is 11.8 Å². The highest BCUT2D eigenvalue weighted by Crippen LogP contribution is 2.26. The first-order valence-electron chi connectivity index (χ1n) is 5.73. The normalized spacial score (nSPS) is 38.8. The molecule has 2 heterocycles. The van der Waals surface area contributed by atoms with Crippen LogP contribution in [0.15, 0.2) is 0 Å². The molecule has 3 unspecified atom stereocenters. The average Bonchev–Trinajstić information content (AvgIpc) is 2.71. The SMILES string of the molecule is CNC1CCOCC1CC1CCOC1. The predicted octanol–water partition coefficient (Wildman–Crippen LogP) is 1.04. The zero-order valence-corrected chi connectivity index (χ0v) is 9.00. The molecule has 0 aromatic heterocycles. The van der Waals surface area contributed by atoms with Crippen molar-refractivity contribution in [2.75, 3.05) is 33.5 Å². The summed E-state index contributed by atoms with van der Waals surface area (Å²) in [5, 5.41) is 3.41. The largest absolute Gasteiger partial charge is 0.381 e. The third-order valence-corrected chi connectivity index (χ3v) is 3.51. The summed E-state index contributed by atoms with van der Waals surface area (Å²) < 4.78 is 10.9. The van der Waals surface area contributed by atoms with E-state index in [4.69, 9.17) is 9.47 Å².